The van der Waals surface area contributed by atoms with Crippen LogP contribution in [-0.2, 0) is 14.3 Å². The largest absolute Gasteiger partial charge is 0.444 e. The molecule has 1 aliphatic rings. The maximum Gasteiger partial charge on any atom is 0.410 e. The molecule has 0 spiro atoms. The topological polar surface area (TPSA) is 99.5 Å². The molecule has 10 nitrogen and oxygen atoms in total. The number of imidazole rings is 1. The summed E-state index contributed by atoms with van der Waals surface area (Å²) in [7, 11) is 1.57. The number of hydrogen-bond donors (Lipinski definition) is 1. The highest BCUT2D eigenvalue weighted by molar-refractivity contribution is 5.80. The zero-order valence-electron chi connectivity index (χ0n) is 20.9. The SMILES string of the molecule is CNC(=O)CCN(C=O)c1cnc2c(C#CCCN3CCN(C(=O)OC(C)(C)C)CC3)cccn12. The summed E-state index contributed by atoms with van der Waals surface area (Å²) in [6.07, 6.45) is 4.77. The Balaban J connectivity index is 1.56. The Kier molecular flexibility index (Phi) is 8.71. The van der Waals surface area contributed by atoms with Crippen molar-refractivity contribution in [2.75, 3.05) is 51.2 Å². The number of amides is 3. The van der Waals surface area contributed by atoms with E-state index in [-0.39, 0.29) is 25.0 Å². The normalized spacial score (nSPS) is 14.2. The molecule has 0 saturated carbocycles. The van der Waals surface area contributed by atoms with Crippen LogP contribution < -0.4 is 10.2 Å². The van der Waals surface area contributed by atoms with Gasteiger partial charge in [-0.25, -0.2) is 9.78 Å². The zero-order valence-corrected chi connectivity index (χ0v) is 20.9. The summed E-state index contributed by atoms with van der Waals surface area (Å²) in [6, 6.07) is 3.76. The second-order valence-corrected chi connectivity index (χ2v) is 9.31. The van der Waals surface area contributed by atoms with Crippen molar-refractivity contribution in [2.24, 2.45) is 0 Å². The van der Waals surface area contributed by atoms with Gasteiger partial charge in [0.1, 0.15) is 11.4 Å². The van der Waals surface area contributed by atoms with Crippen LogP contribution in [0.15, 0.2) is 24.5 Å². The van der Waals surface area contributed by atoms with Crippen molar-refractivity contribution in [2.45, 2.75) is 39.2 Å². The van der Waals surface area contributed by atoms with Gasteiger partial charge in [0.15, 0.2) is 5.65 Å². The predicted octanol–water partition coefficient (Wildman–Crippen LogP) is 1.73. The molecule has 1 N–H and O–H groups in total. The number of hydrogen-bond acceptors (Lipinski definition) is 6. The van der Waals surface area contributed by atoms with E-state index in [9.17, 15) is 14.4 Å². The van der Waals surface area contributed by atoms with Crippen LogP contribution >= 0.6 is 0 Å². The maximum absolute atomic E-state index is 12.2. The molecule has 3 rings (SSSR count). The molecule has 0 radical (unpaired) electrons. The van der Waals surface area contributed by atoms with Gasteiger partial charge in [-0.2, -0.15) is 0 Å². The number of piperazine rings is 1. The third-order valence-electron chi connectivity index (χ3n) is 5.60. The fourth-order valence-corrected chi connectivity index (χ4v) is 3.73. The average molecular weight is 483 g/mol. The highest BCUT2D eigenvalue weighted by atomic mass is 16.6. The summed E-state index contributed by atoms with van der Waals surface area (Å²) >= 11 is 0. The van der Waals surface area contributed by atoms with Gasteiger partial charge in [0.05, 0.1) is 11.8 Å². The number of nitrogens with zero attached hydrogens (tertiary/aromatic N) is 5. The molecule has 0 atom stereocenters. The first-order valence-corrected chi connectivity index (χ1v) is 11.8. The molecule has 1 aliphatic heterocycles. The Bertz CT molecular complexity index is 1100. The summed E-state index contributed by atoms with van der Waals surface area (Å²) in [5, 5.41) is 2.55. The van der Waals surface area contributed by atoms with Crippen LogP contribution in [0.3, 0.4) is 0 Å². The van der Waals surface area contributed by atoms with Crippen molar-refractivity contribution < 1.29 is 19.1 Å². The van der Waals surface area contributed by atoms with Gasteiger partial charge in [-0.15, -0.1) is 0 Å². The number of carbonyl (C=O) groups is 3. The number of ether oxygens (including phenoxy) is 1. The molecule has 3 heterocycles. The van der Waals surface area contributed by atoms with E-state index in [1.54, 1.807) is 22.5 Å². The molecule has 0 aliphatic carbocycles. The second-order valence-electron chi connectivity index (χ2n) is 9.31. The van der Waals surface area contributed by atoms with Gasteiger partial charge in [-0.1, -0.05) is 11.8 Å². The minimum Gasteiger partial charge on any atom is -0.444 e. The number of aromatic nitrogens is 2. The number of pyridine rings is 1. The molecule has 188 valence electrons. The fourth-order valence-electron chi connectivity index (χ4n) is 3.73. The van der Waals surface area contributed by atoms with E-state index < -0.39 is 5.60 Å². The van der Waals surface area contributed by atoms with Crippen LogP contribution in [0.2, 0.25) is 0 Å². The third-order valence-corrected chi connectivity index (χ3v) is 5.60. The summed E-state index contributed by atoms with van der Waals surface area (Å²) in [5.74, 6) is 6.87. The average Bonchev–Trinajstić information content (AvgIpc) is 3.26. The first-order valence-electron chi connectivity index (χ1n) is 11.8. The second kappa shape index (κ2) is 11.7. The highest BCUT2D eigenvalue weighted by Crippen LogP contribution is 2.18. The lowest BCUT2D eigenvalue weighted by Gasteiger charge is -2.35. The lowest BCUT2D eigenvalue weighted by molar-refractivity contribution is -0.120. The van der Waals surface area contributed by atoms with Crippen molar-refractivity contribution in [3.8, 4) is 11.8 Å². The summed E-state index contributed by atoms with van der Waals surface area (Å²) in [6.45, 7) is 9.56. The number of carbonyl (C=O) groups excluding carboxylic acids is 3. The predicted molar refractivity (Wildman–Crippen MR) is 133 cm³/mol. The maximum atomic E-state index is 12.2. The van der Waals surface area contributed by atoms with Gasteiger partial charge >= 0.3 is 6.09 Å². The number of anilines is 1. The van der Waals surface area contributed by atoms with Crippen LogP contribution in [0.4, 0.5) is 10.6 Å². The molecule has 0 aromatic carbocycles. The molecular weight excluding hydrogens is 448 g/mol. The smallest absolute Gasteiger partial charge is 0.410 e. The quantitative estimate of drug-likeness (QED) is 0.477. The van der Waals surface area contributed by atoms with Gasteiger partial charge in [-0.3, -0.25) is 23.8 Å². The van der Waals surface area contributed by atoms with E-state index in [4.69, 9.17) is 4.74 Å². The number of fused-ring (bicyclic) bond motifs is 1. The molecule has 10 heteroatoms. The third kappa shape index (κ3) is 7.20. The Morgan fingerprint density at radius 3 is 2.66 bits per heavy atom. The Morgan fingerprint density at radius 1 is 1.26 bits per heavy atom. The zero-order chi connectivity index (χ0) is 25.4. The molecule has 1 saturated heterocycles. The molecule has 3 amide bonds. The van der Waals surface area contributed by atoms with Crippen LogP contribution in [0, 0.1) is 11.8 Å². The fraction of sp³-hybridized carbons (Fsp3) is 0.520. The van der Waals surface area contributed by atoms with Crippen LogP contribution in [0.5, 0.6) is 0 Å². The summed E-state index contributed by atoms with van der Waals surface area (Å²) in [5.41, 5.74) is 0.942. The first kappa shape index (κ1) is 26.0. The van der Waals surface area contributed by atoms with Crippen molar-refractivity contribution in [1.82, 2.24) is 24.5 Å². The van der Waals surface area contributed by atoms with E-state index in [0.29, 0.717) is 37.4 Å². The van der Waals surface area contributed by atoms with E-state index in [1.807, 2.05) is 39.1 Å². The number of rotatable bonds is 7. The van der Waals surface area contributed by atoms with Gasteiger partial charge in [-0.05, 0) is 32.9 Å². The van der Waals surface area contributed by atoms with Crippen LogP contribution in [0.1, 0.15) is 39.2 Å². The minimum absolute atomic E-state index is 0.136. The van der Waals surface area contributed by atoms with E-state index >= 15 is 0 Å². The van der Waals surface area contributed by atoms with Crippen molar-refractivity contribution in [3.63, 3.8) is 0 Å². The minimum atomic E-state index is -0.487. The van der Waals surface area contributed by atoms with Crippen LogP contribution in [-0.4, -0.2) is 89.5 Å². The highest BCUT2D eigenvalue weighted by Gasteiger charge is 2.25. The molecule has 0 bridgehead atoms. The Labute approximate surface area is 206 Å². The number of nitrogens with one attached hydrogen (secondary N) is 1. The summed E-state index contributed by atoms with van der Waals surface area (Å²) < 4.78 is 7.25. The van der Waals surface area contributed by atoms with E-state index in [1.165, 1.54) is 4.90 Å². The van der Waals surface area contributed by atoms with Crippen molar-refractivity contribution in [1.29, 1.82) is 0 Å². The van der Waals surface area contributed by atoms with Crippen LogP contribution in [0.25, 0.3) is 5.65 Å². The van der Waals surface area contributed by atoms with Gasteiger partial charge < -0.3 is 15.0 Å². The molecule has 2 aromatic rings. The monoisotopic (exact) mass is 482 g/mol. The standard InChI is InChI=1S/C25H34N6O4/c1-25(2,3)35-24(34)29-16-14-28(15-17-29)11-6-5-8-20-9-7-12-31-22(18-27-23(20)31)30(19-32)13-10-21(33)26-4/h7,9,12,18-19H,6,10-11,13-17H2,1-4H3,(H,26,33). The molecule has 35 heavy (non-hydrogen) atoms. The first-order chi connectivity index (χ1) is 16.7. The molecule has 1 fully saturated rings. The molecule has 2 aromatic heterocycles. The van der Waals surface area contributed by atoms with Gasteiger partial charge in [0.2, 0.25) is 12.3 Å². The summed E-state index contributed by atoms with van der Waals surface area (Å²) in [4.78, 5) is 45.3. The lowest BCUT2D eigenvalue weighted by atomic mass is 10.2. The van der Waals surface area contributed by atoms with Gasteiger partial charge in [0.25, 0.3) is 0 Å². The molecule has 0 unspecified atom stereocenters. The Hall–Kier alpha value is -3.58. The van der Waals surface area contributed by atoms with E-state index in [0.717, 1.165) is 25.2 Å². The Morgan fingerprint density at radius 2 is 2.00 bits per heavy atom. The van der Waals surface area contributed by atoms with E-state index in [2.05, 4.69) is 27.0 Å². The van der Waals surface area contributed by atoms with Gasteiger partial charge in [0, 0.05) is 65.4 Å². The lowest BCUT2D eigenvalue weighted by Crippen LogP contribution is -2.50. The molecular formula is C25H34N6O4. The van der Waals surface area contributed by atoms with Crippen molar-refractivity contribution >= 4 is 29.9 Å². The van der Waals surface area contributed by atoms with Crippen molar-refractivity contribution in [3.05, 3.63) is 30.1 Å².